The molecule has 6 nitrogen and oxygen atoms in total. The maximum atomic E-state index is 14.9. The quantitative estimate of drug-likeness (QED) is 0.614. The monoisotopic (exact) mass is 418 g/mol. The fraction of sp³-hybridized carbons (Fsp3) is 0.235. The summed E-state index contributed by atoms with van der Waals surface area (Å²) in [5.41, 5.74) is -0.675. The van der Waals surface area contributed by atoms with Crippen molar-refractivity contribution >= 4 is 41.0 Å². The van der Waals surface area contributed by atoms with Crippen LogP contribution in [0.3, 0.4) is 0 Å². The molecule has 0 spiro atoms. The van der Waals surface area contributed by atoms with Crippen molar-refractivity contribution in [2.75, 3.05) is 5.32 Å². The average Bonchev–Trinajstić information content (AvgIpc) is 2.57. The number of nitrogens with zero attached hydrogens (tertiary/aromatic N) is 1. The van der Waals surface area contributed by atoms with Gasteiger partial charge in [-0.2, -0.15) is 0 Å². The number of hydrogen-bond acceptors (Lipinski definition) is 4. The number of benzene rings is 1. The van der Waals surface area contributed by atoms with Crippen molar-refractivity contribution in [2.45, 2.75) is 26.4 Å². The molecule has 2 rings (SSSR count). The van der Waals surface area contributed by atoms with E-state index in [0.29, 0.717) is 0 Å². The first-order valence-corrected chi connectivity index (χ1v) is 8.42. The first-order valence-electron chi connectivity index (χ1n) is 7.66. The highest BCUT2D eigenvalue weighted by atomic mass is 35.5. The summed E-state index contributed by atoms with van der Waals surface area (Å²) in [5, 5.41) is 10.8. The molecule has 2 N–H and O–H groups in total. The lowest BCUT2D eigenvalue weighted by Crippen LogP contribution is -2.10. The van der Waals surface area contributed by atoms with E-state index < -0.39 is 29.9 Å². The number of alkyl halides is 1. The van der Waals surface area contributed by atoms with Gasteiger partial charge in [0.1, 0.15) is 17.0 Å². The van der Waals surface area contributed by atoms with Crippen molar-refractivity contribution in [3.8, 4) is 17.1 Å². The summed E-state index contributed by atoms with van der Waals surface area (Å²) in [6.45, 7) is 2.73. The van der Waals surface area contributed by atoms with Gasteiger partial charge in [-0.25, -0.2) is 18.6 Å². The normalized spacial score (nSPS) is 11.8. The molecule has 144 valence electrons. The van der Waals surface area contributed by atoms with E-state index >= 15 is 0 Å². The van der Waals surface area contributed by atoms with Gasteiger partial charge in [0.25, 0.3) is 0 Å². The molecule has 1 aromatic carbocycles. The van der Waals surface area contributed by atoms with E-state index in [-0.39, 0.29) is 39.0 Å². The van der Waals surface area contributed by atoms with Crippen LogP contribution in [0.4, 0.5) is 19.3 Å². The Kier molecular flexibility index (Phi) is 6.56. The van der Waals surface area contributed by atoms with Gasteiger partial charge in [-0.1, -0.05) is 30.1 Å². The molecule has 1 aromatic heterocycles. The maximum absolute atomic E-state index is 14.9. The predicted molar refractivity (Wildman–Crippen MR) is 96.7 cm³/mol. The van der Waals surface area contributed by atoms with Crippen LogP contribution in [0.1, 0.15) is 32.0 Å². The smallest absolute Gasteiger partial charge is 0.449 e. The van der Waals surface area contributed by atoms with Crippen molar-refractivity contribution in [1.82, 2.24) is 4.98 Å². The molecular weight excluding hydrogens is 405 g/mol. The number of anilines is 1. The zero-order chi connectivity index (χ0) is 20.3. The van der Waals surface area contributed by atoms with Gasteiger partial charge in [0.15, 0.2) is 0 Å². The van der Waals surface area contributed by atoms with Gasteiger partial charge in [-0.05, 0) is 24.6 Å². The minimum atomic E-state index is -1.71. The van der Waals surface area contributed by atoms with Crippen LogP contribution in [-0.4, -0.2) is 22.2 Å². The van der Waals surface area contributed by atoms with Gasteiger partial charge in [0.2, 0.25) is 11.8 Å². The molecule has 0 saturated carbocycles. The summed E-state index contributed by atoms with van der Waals surface area (Å²) < 4.78 is 33.5. The third-order valence-electron chi connectivity index (χ3n) is 3.50. The first kappa shape index (κ1) is 20.9. The minimum Gasteiger partial charge on any atom is -0.449 e. The van der Waals surface area contributed by atoms with E-state index in [1.165, 1.54) is 32.0 Å². The number of carbonyl (C=O) groups excluding carboxylic acids is 1. The van der Waals surface area contributed by atoms with E-state index in [1.807, 2.05) is 0 Å². The number of carbonyl (C=O) groups is 2. The molecule has 2 aromatic rings. The number of amides is 1. The topological polar surface area (TPSA) is 88.5 Å². The van der Waals surface area contributed by atoms with Crippen LogP contribution in [0.25, 0.3) is 11.3 Å². The fourth-order valence-electron chi connectivity index (χ4n) is 2.33. The Balaban J connectivity index is 2.71. The second-order valence-corrected chi connectivity index (χ2v) is 6.21. The Labute approximate surface area is 163 Å². The largest absolute Gasteiger partial charge is 0.512 e. The van der Waals surface area contributed by atoms with Crippen LogP contribution in [0, 0.1) is 5.82 Å². The lowest BCUT2D eigenvalue weighted by molar-refractivity contribution is -0.114. The lowest BCUT2D eigenvalue weighted by atomic mass is 10.0. The van der Waals surface area contributed by atoms with Crippen LogP contribution in [0.15, 0.2) is 18.2 Å². The summed E-state index contributed by atoms with van der Waals surface area (Å²) in [5.74, 6) is -2.03. The molecular formula is C17H14Cl2F2N2O4. The Morgan fingerprint density at radius 1 is 1.37 bits per heavy atom. The highest BCUT2D eigenvalue weighted by molar-refractivity contribution is 6.35. The van der Waals surface area contributed by atoms with E-state index in [1.54, 1.807) is 0 Å². The van der Waals surface area contributed by atoms with Gasteiger partial charge < -0.3 is 15.2 Å². The van der Waals surface area contributed by atoms with E-state index in [2.05, 4.69) is 15.0 Å². The number of halogens is 4. The van der Waals surface area contributed by atoms with Gasteiger partial charge >= 0.3 is 6.16 Å². The number of carboxylic acid groups (broad SMARTS) is 1. The van der Waals surface area contributed by atoms with Crippen molar-refractivity contribution in [2.24, 2.45) is 0 Å². The third-order valence-corrected chi connectivity index (χ3v) is 4.19. The SMILES string of the molecule is CCC(F)c1c(Cl)ccc(-c2cc(NC(C)=O)c(Cl)c(OC(=O)O)n2)c1F. The van der Waals surface area contributed by atoms with Crippen molar-refractivity contribution in [3.05, 3.63) is 39.6 Å². The first-order chi connectivity index (χ1) is 12.6. The molecule has 0 fully saturated rings. The zero-order valence-corrected chi connectivity index (χ0v) is 15.7. The van der Waals surface area contributed by atoms with E-state index in [0.717, 1.165) is 0 Å². The molecule has 0 bridgehead atoms. The van der Waals surface area contributed by atoms with E-state index in [4.69, 9.17) is 28.3 Å². The van der Waals surface area contributed by atoms with Gasteiger partial charge in [-0.15, -0.1) is 0 Å². The van der Waals surface area contributed by atoms with Crippen molar-refractivity contribution < 1.29 is 28.2 Å². The van der Waals surface area contributed by atoms with Crippen molar-refractivity contribution in [1.29, 1.82) is 0 Å². The number of aromatic nitrogens is 1. The number of nitrogens with one attached hydrogen (secondary N) is 1. The second kappa shape index (κ2) is 8.49. The average molecular weight is 419 g/mol. The number of rotatable bonds is 5. The summed E-state index contributed by atoms with van der Waals surface area (Å²) in [4.78, 5) is 26.1. The molecule has 0 radical (unpaired) electrons. The molecule has 1 atom stereocenters. The van der Waals surface area contributed by atoms with E-state index in [9.17, 15) is 18.4 Å². The van der Waals surface area contributed by atoms with Crippen LogP contribution >= 0.6 is 23.2 Å². The van der Waals surface area contributed by atoms with Crippen LogP contribution in [0.5, 0.6) is 5.88 Å². The standard InChI is InChI=1S/C17H14Cl2F2N2O4/c1-3-10(20)13-9(18)5-4-8(15(13)21)11-6-12(22-7(2)24)14(19)16(23-11)27-17(25)26/h4-6,10H,3H2,1-2H3,(H,25,26)(H,22,23,24). The fourth-order valence-corrected chi connectivity index (χ4v) is 2.78. The highest BCUT2D eigenvalue weighted by Crippen LogP contribution is 2.39. The Morgan fingerprint density at radius 3 is 2.59 bits per heavy atom. The third kappa shape index (κ3) is 4.64. The summed E-state index contributed by atoms with van der Waals surface area (Å²) in [7, 11) is 0. The Hall–Kier alpha value is -2.45. The molecule has 1 unspecified atom stereocenters. The van der Waals surface area contributed by atoms with Gasteiger partial charge in [-0.3, -0.25) is 4.79 Å². The summed E-state index contributed by atoms with van der Waals surface area (Å²) >= 11 is 11.9. The zero-order valence-electron chi connectivity index (χ0n) is 14.1. The van der Waals surface area contributed by atoms with Gasteiger partial charge in [0.05, 0.1) is 11.4 Å². The molecule has 1 amide bonds. The van der Waals surface area contributed by atoms with Crippen LogP contribution in [-0.2, 0) is 4.79 Å². The molecule has 0 aliphatic rings. The number of hydrogen-bond donors (Lipinski definition) is 2. The summed E-state index contributed by atoms with van der Waals surface area (Å²) in [6, 6.07) is 3.76. The highest BCUT2D eigenvalue weighted by Gasteiger charge is 2.23. The second-order valence-electron chi connectivity index (χ2n) is 5.42. The van der Waals surface area contributed by atoms with Gasteiger partial charge in [0, 0.05) is 23.1 Å². The van der Waals surface area contributed by atoms with Crippen LogP contribution < -0.4 is 10.1 Å². The Morgan fingerprint density at radius 2 is 2.04 bits per heavy atom. The number of pyridine rings is 1. The molecule has 0 aliphatic heterocycles. The molecule has 10 heteroatoms. The maximum Gasteiger partial charge on any atom is 0.512 e. The molecule has 0 aliphatic carbocycles. The minimum absolute atomic E-state index is 0.00133. The molecule has 0 saturated heterocycles. The molecule has 27 heavy (non-hydrogen) atoms. The lowest BCUT2D eigenvalue weighted by Gasteiger charge is -2.15. The molecule has 1 heterocycles. The van der Waals surface area contributed by atoms with Crippen LogP contribution in [0.2, 0.25) is 10.0 Å². The Bertz CT molecular complexity index is 872. The number of ether oxygens (including phenoxy) is 1. The predicted octanol–water partition coefficient (Wildman–Crippen LogP) is 5.63. The van der Waals surface area contributed by atoms with Crippen molar-refractivity contribution in [3.63, 3.8) is 0 Å². The summed E-state index contributed by atoms with van der Waals surface area (Å²) in [6.07, 6.45) is -3.35.